The molecule has 1 aliphatic rings. The number of anilines is 1. The minimum absolute atomic E-state index is 0.388. The van der Waals surface area contributed by atoms with Crippen LogP contribution in [0.3, 0.4) is 0 Å². The second-order valence-electron chi connectivity index (χ2n) is 10.6. The van der Waals surface area contributed by atoms with Gasteiger partial charge in [-0.2, -0.15) is 4.98 Å². The van der Waals surface area contributed by atoms with Crippen molar-refractivity contribution in [2.75, 3.05) is 25.6 Å². The molecule has 5 rings (SSSR count). The maximum absolute atomic E-state index is 12.6. The van der Waals surface area contributed by atoms with Crippen LogP contribution in [0.4, 0.5) is 10.7 Å². The van der Waals surface area contributed by atoms with Crippen LogP contribution in [0.5, 0.6) is 0 Å². The van der Waals surface area contributed by atoms with Gasteiger partial charge in [-0.3, -0.25) is 0 Å². The molecule has 9 nitrogen and oxygen atoms in total. The summed E-state index contributed by atoms with van der Waals surface area (Å²) in [5.74, 6) is 1.01. The van der Waals surface area contributed by atoms with Crippen LogP contribution in [-0.4, -0.2) is 51.5 Å². The summed E-state index contributed by atoms with van der Waals surface area (Å²) in [6.07, 6.45) is 4.39. The van der Waals surface area contributed by atoms with Crippen molar-refractivity contribution in [3.63, 3.8) is 0 Å². The fourth-order valence-corrected chi connectivity index (χ4v) is 4.67. The lowest BCUT2D eigenvalue weighted by atomic mass is 9.71. The number of alkyl carbamates (subject to hydrolysis) is 1. The van der Waals surface area contributed by atoms with Crippen LogP contribution in [0.1, 0.15) is 45.6 Å². The van der Waals surface area contributed by atoms with Crippen molar-refractivity contribution in [1.29, 1.82) is 0 Å². The maximum atomic E-state index is 12.6. The Balaban J connectivity index is 1.48. The topological polar surface area (TPSA) is 103 Å². The molecule has 2 heterocycles. The van der Waals surface area contributed by atoms with Crippen molar-refractivity contribution in [3.05, 3.63) is 66.4 Å². The summed E-state index contributed by atoms with van der Waals surface area (Å²) in [4.78, 5) is 22.0. The Morgan fingerprint density at radius 1 is 1.03 bits per heavy atom. The van der Waals surface area contributed by atoms with Crippen LogP contribution in [-0.2, 0) is 15.0 Å². The molecule has 38 heavy (non-hydrogen) atoms. The van der Waals surface area contributed by atoms with Gasteiger partial charge in [-0.05, 0) is 51.2 Å². The van der Waals surface area contributed by atoms with Crippen LogP contribution < -0.4 is 10.6 Å². The molecule has 1 amide bonds. The van der Waals surface area contributed by atoms with Crippen molar-refractivity contribution in [3.8, 4) is 22.4 Å². The zero-order chi connectivity index (χ0) is 26.8. The van der Waals surface area contributed by atoms with Crippen LogP contribution in [0.15, 0.2) is 60.8 Å². The zero-order valence-electron chi connectivity index (χ0n) is 22.3. The van der Waals surface area contributed by atoms with Crippen molar-refractivity contribution in [2.45, 2.75) is 51.2 Å². The van der Waals surface area contributed by atoms with Gasteiger partial charge in [0.1, 0.15) is 5.60 Å². The van der Waals surface area contributed by atoms with Gasteiger partial charge in [-0.25, -0.2) is 14.3 Å². The highest BCUT2D eigenvalue weighted by molar-refractivity contribution is 5.81. The van der Waals surface area contributed by atoms with Gasteiger partial charge in [0, 0.05) is 31.0 Å². The quantitative estimate of drug-likeness (QED) is 0.303. The molecule has 0 saturated heterocycles. The number of amides is 1. The summed E-state index contributed by atoms with van der Waals surface area (Å²) in [6, 6.07) is 18.4. The number of rotatable bonds is 8. The largest absolute Gasteiger partial charge is 0.444 e. The maximum Gasteiger partial charge on any atom is 0.408 e. The van der Waals surface area contributed by atoms with E-state index < -0.39 is 11.1 Å². The average molecular weight is 515 g/mol. The van der Waals surface area contributed by atoms with Crippen molar-refractivity contribution in [2.24, 2.45) is 0 Å². The first-order chi connectivity index (χ1) is 18.3. The third kappa shape index (κ3) is 5.47. The Morgan fingerprint density at radius 2 is 1.76 bits per heavy atom. The highest BCUT2D eigenvalue weighted by atomic mass is 16.6. The standard InChI is InChI=1S/C29H34N6O3/c1-28(2,3)38-27(36)33-29(15-8-16-29)22-13-11-21(12-14-22)24-23(20-9-6-5-7-10-20)19-35-26(31-24)32-25(34-35)30-17-18-37-4/h5-7,9-14,19H,8,15-18H2,1-4H3,(H,30,34)(H,33,36). The van der Waals surface area contributed by atoms with Gasteiger partial charge in [-0.1, -0.05) is 54.6 Å². The Hall–Kier alpha value is -3.98. The Morgan fingerprint density at radius 3 is 2.39 bits per heavy atom. The summed E-state index contributed by atoms with van der Waals surface area (Å²) in [5.41, 5.74) is 3.87. The van der Waals surface area contributed by atoms with Crippen LogP contribution in [0, 0.1) is 0 Å². The number of ether oxygens (including phenoxy) is 2. The number of aromatic nitrogens is 4. The number of nitrogens with one attached hydrogen (secondary N) is 2. The van der Waals surface area contributed by atoms with Gasteiger partial charge in [0.05, 0.1) is 17.8 Å². The molecule has 2 aromatic carbocycles. The van der Waals surface area contributed by atoms with E-state index in [0.717, 1.165) is 47.2 Å². The lowest BCUT2D eigenvalue weighted by Crippen LogP contribution is -2.52. The van der Waals surface area contributed by atoms with E-state index in [0.29, 0.717) is 24.9 Å². The average Bonchev–Trinajstić information content (AvgIpc) is 3.27. The van der Waals surface area contributed by atoms with Crippen LogP contribution >= 0.6 is 0 Å². The smallest absolute Gasteiger partial charge is 0.408 e. The third-order valence-electron chi connectivity index (χ3n) is 6.66. The molecule has 1 fully saturated rings. The van der Waals surface area contributed by atoms with E-state index in [9.17, 15) is 4.79 Å². The van der Waals surface area contributed by atoms with Crippen LogP contribution in [0.2, 0.25) is 0 Å². The molecular formula is C29H34N6O3. The van der Waals surface area contributed by atoms with Crippen molar-refractivity contribution in [1.82, 2.24) is 24.9 Å². The normalized spacial score (nSPS) is 14.6. The SMILES string of the molecule is COCCNc1nc2nc(-c3ccc(C4(NC(=O)OC(C)(C)C)CCC4)cc3)c(-c3ccccc3)cn2n1. The Labute approximate surface area is 222 Å². The van der Waals surface area contributed by atoms with E-state index in [4.69, 9.17) is 14.5 Å². The Kier molecular flexibility index (Phi) is 7.03. The minimum Gasteiger partial charge on any atom is -0.444 e. The Bertz CT molecular complexity index is 1410. The van der Waals surface area contributed by atoms with Crippen molar-refractivity contribution < 1.29 is 14.3 Å². The first kappa shape index (κ1) is 25.7. The first-order valence-corrected chi connectivity index (χ1v) is 12.9. The van der Waals surface area contributed by atoms with E-state index in [1.165, 1.54) is 0 Å². The monoisotopic (exact) mass is 514 g/mol. The predicted molar refractivity (Wildman–Crippen MR) is 147 cm³/mol. The molecule has 198 valence electrons. The third-order valence-corrected chi connectivity index (χ3v) is 6.66. The first-order valence-electron chi connectivity index (χ1n) is 12.9. The molecule has 4 aromatic rings. The van der Waals surface area contributed by atoms with Gasteiger partial charge in [-0.15, -0.1) is 5.10 Å². The molecule has 2 N–H and O–H groups in total. The highest BCUT2D eigenvalue weighted by Crippen LogP contribution is 2.42. The van der Waals surface area contributed by atoms with E-state index in [-0.39, 0.29) is 6.09 Å². The molecular weight excluding hydrogens is 480 g/mol. The van der Waals surface area contributed by atoms with Gasteiger partial charge < -0.3 is 20.1 Å². The highest BCUT2D eigenvalue weighted by Gasteiger charge is 2.41. The van der Waals surface area contributed by atoms with Gasteiger partial charge in [0.2, 0.25) is 5.95 Å². The number of carbonyl (C=O) groups is 1. The molecule has 0 atom stereocenters. The number of hydrogen-bond donors (Lipinski definition) is 2. The van der Waals surface area contributed by atoms with E-state index in [1.54, 1.807) is 11.6 Å². The second kappa shape index (κ2) is 10.4. The van der Waals surface area contributed by atoms with Crippen molar-refractivity contribution >= 4 is 17.8 Å². The molecule has 0 radical (unpaired) electrons. The fourth-order valence-electron chi connectivity index (χ4n) is 4.67. The predicted octanol–water partition coefficient (Wildman–Crippen LogP) is 5.42. The number of carbonyl (C=O) groups excluding carboxylic acids is 1. The lowest BCUT2D eigenvalue weighted by Gasteiger charge is -2.43. The van der Waals surface area contributed by atoms with Gasteiger partial charge in [0.25, 0.3) is 5.78 Å². The molecule has 0 spiro atoms. The second-order valence-corrected chi connectivity index (χ2v) is 10.6. The molecule has 0 bridgehead atoms. The molecule has 1 saturated carbocycles. The van der Waals surface area contributed by atoms with E-state index >= 15 is 0 Å². The number of benzene rings is 2. The number of fused-ring (bicyclic) bond motifs is 1. The zero-order valence-corrected chi connectivity index (χ0v) is 22.3. The molecule has 1 aliphatic carbocycles. The molecule has 0 aliphatic heterocycles. The van der Waals surface area contributed by atoms with E-state index in [2.05, 4.69) is 57.1 Å². The summed E-state index contributed by atoms with van der Waals surface area (Å²) in [7, 11) is 1.66. The number of hydrogen-bond acceptors (Lipinski definition) is 7. The minimum atomic E-state index is -0.544. The fraction of sp³-hybridized carbons (Fsp3) is 0.379. The van der Waals surface area contributed by atoms with Gasteiger partial charge in [0.15, 0.2) is 0 Å². The summed E-state index contributed by atoms with van der Waals surface area (Å²) in [5, 5.41) is 10.8. The van der Waals surface area contributed by atoms with Gasteiger partial charge >= 0.3 is 6.09 Å². The number of methoxy groups -OCH3 is 1. The van der Waals surface area contributed by atoms with Crippen LogP contribution in [0.25, 0.3) is 28.2 Å². The molecule has 0 unspecified atom stereocenters. The molecule has 9 heteroatoms. The molecule has 2 aromatic heterocycles. The summed E-state index contributed by atoms with van der Waals surface area (Å²) < 4.78 is 12.3. The number of nitrogens with zero attached hydrogens (tertiary/aromatic N) is 4. The summed E-state index contributed by atoms with van der Waals surface area (Å²) in [6.45, 7) is 6.78. The van der Waals surface area contributed by atoms with E-state index in [1.807, 2.05) is 45.2 Å². The lowest BCUT2D eigenvalue weighted by molar-refractivity contribution is 0.0377. The summed E-state index contributed by atoms with van der Waals surface area (Å²) >= 11 is 0.